The summed E-state index contributed by atoms with van der Waals surface area (Å²) >= 11 is 0. The van der Waals surface area contributed by atoms with Gasteiger partial charge in [-0.3, -0.25) is 9.59 Å². The number of carbonyl (C=O) groups excluding carboxylic acids is 2. The van der Waals surface area contributed by atoms with E-state index in [1.807, 2.05) is 30.3 Å². The highest BCUT2D eigenvalue weighted by atomic mass is 16.3. The lowest BCUT2D eigenvalue weighted by Gasteiger charge is -2.28. The Bertz CT molecular complexity index is 703. The Kier molecular flexibility index (Phi) is 4.34. The van der Waals surface area contributed by atoms with Crippen molar-refractivity contribution in [3.63, 3.8) is 0 Å². The van der Waals surface area contributed by atoms with Gasteiger partial charge >= 0.3 is 0 Å². The summed E-state index contributed by atoms with van der Waals surface area (Å²) in [5, 5.41) is 10.5. The molecule has 132 valence electrons. The Morgan fingerprint density at radius 3 is 2.40 bits per heavy atom. The van der Waals surface area contributed by atoms with E-state index in [1.165, 1.54) is 12.8 Å². The van der Waals surface area contributed by atoms with Crippen molar-refractivity contribution in [1.82, 2.24) is 9.80 Å². The molecule has 0 bridgehead atoms. The molecule has 1 aliphatic carbocycles. The average Bonchev–Trinajstić information content (AvgIpc) is 3.30. The number of likely N-dealkylation sites (tertiary alicyclic amines) is 1. The summed E-state index contributed by atoms with van der Waals surface area (Å²) in [5.41, 5.74) is 1.20. The molecule has 1 aromatic rings. The minimum Gasteiger partial charge on any atom is -0.503 e. The van der Waals surface area contributed by atoms with E-state index < -0.39 is 11.9 Å². The smallest absolute Gasteiger partial charge is 0.290 e. The van der Waals surface area contributed by atoms with Crippen LogP contribution in [-0.4, -0.2) is 52.8 Å². The molecule has 4 rings (SSSR count). The number of nitrogens with zero attached hydrogens (tertiary/aromatic N) is 2. The maximum Gasteiger partial charge on any atom is 0.290 e. The van der Waals surface area contributed by atoms with Crippen molar-refractivity contribution in [2.75, 3.05) is 26.2 Å². The zero-order chi connectivity index (χ0) is 17.4. The number of benzene rings is 1. The Balaban J connectivity index is 1.63. The molecule has 0 radical (unpaired) electrons. The highest BCUT2D eigenvalue weighted by molar-refractivity contribution is 6.10. The Hall–Kier alpha value is -2.14. The van der Waals surface area contributed by atoms with E-state index in [2.05, 4.69) is 4.90 Å². The second-order valence-corrected chi connectivity index (χ2v) is 7.26. The predicted molar refractivity (Wildman–Crippen MR) is 94.0 cm³/mol. The number of rotatable bonds is 6. The van der Waals surface area contributed by atoms with E-state index in [0.717, 1.165) is 38.0 Å². The van der Waals surface area contributed by atoms with Gasteiger partial charge in [-0.25, -0.2) is 0 Å². The van der Waals surface area contributed by atoms with Gasteiger partial charge in [0.1, 0.15) is 0 Å². The Labute approximate surface area is 147 Å². The molecule has 2 aliphatic heterocycles. The zero-order valence-electron chi connectivity index (χ0n) is 14.4. The number of aliphatic hydroxyl groups excluding tert-OH is 1. The van der Waals surface area contributed by atoms with Gasteiger partial charge in [0.05, 0.1) is 11.6 Å². The van der Waals surface area contributed by atoms with Crippen LogP contribution in [0.15, 0.2) is 41.7 Å². The van der Waals surface area contributed by atoms with E-state index in [0.29, 0.717) is 12.1 Å². The van der Waals surface area contributed by atoms with Crippen molar-refractivity contribution < 1.29 is 14.7 Å². The highest BCUT2D eigenvalue weighted by Gasteiger charge is 2.46. The summed E-state index contributed by atoms with van der Waals surface area (Å²) in [6.07, 6.45) is 4.12. The highest BCUT2D eigenvalue weighted by Crippen LogP contribution is 2.43. The van der Waals surface area contributed by atoms with E-state index >= 15 is 0 Å². The normalized spacial score (nSPS) is 24.4. The Morgan fingerprint density at radius 2 is 1.76 bits per heavy atom. The first-order valence-corrected chi connectivity index (χ1v) is 9.22. The zero-order valence-corrected chi connectivity index (χ0v) is 14.4. The van der Waals surface area contributed by atoms with Crippen LogP contribution in [-0.2, 0) is 9.59 Å². The van der Waals surface area contributed by atoms with Crippen LogP contribution in [0.2, 0.25) is 0 Å². The number of ketones is 1. The minimum atomic E-state index is -0.454. The van der Waals surface area contributed by atoms with Gasteiger partial charge in [0.15, 0.2) is 11.5 Å². The molecule has 0 aromatic heterocycles. The lowest BCUT2D eigenvalue weighted by molar-refractivity contribution is -0.129. The van der Waals surface area contributed by atoms with E-state index in [9.17, 15) is 14.7 Å². The standard InChI is InChI=1S/C20H24N2O3/c23-18(15-8-9-15)16-17(14-6-2-1-3-7-14)22(20(25)19(16)24)13-12-21-10-4-5-11-21/h1-3,6-7,15,17,24H,4-5,8-13H2. The quantitative estimate of drug-likeness (QED) is 0.864. The van der Waals surface area contributed by atoms with Crippen molar-refractivity contribution >= 4 is 11.7 Å². The maximum atomic E-state index is 12.7. The van der Waals surface area contributed by atoms with Gasteiger partial charge in [0.2, 0.25) is 0 Å². The molecule has 3 aliphatic rings. The summed E-state index contributed by atoms with van der Waals surface area (Å²) in [4.78, 5) is 29.5. The van der Waals surface area contributed by atoms with Crippen LogP contribution < -0.4 is 0 Å². The van der Waals surface area contributed by atoms with Crippen molar-refractivity contribution in [3.8, 4) is 0 Å². The SMILES string of the molecule is O=C(C1=C(O)C(=O)N(CCN2CCCC2)C1c1ccccc1)C1CC1. The van der Waals surface area contributed by atoms with Crippen LogP contribution in [0.5, 0.6) is 0 Å². The Morgan fingerprint density at radius 1 is 1.08 bits per heavy atom. The molecule has 25 heavy (non-hydrogen) atoms. The van der Waals surface area contributed by atoms with Crippen molar-refractivity contribution in [3.05, 3.63) is 47.2 Å². The lowest BCUT2D eigenvalue weighted by atomic mass is 9.94. The third kappa shape index (κ3) is 3.09. The molecule has 5 heteroatoms. The second kappa shape index (κ2) is 6.64. The second-order valence-electron chi connectivity index (χ2n) is 7.26. The first-order chi connectivity index (χ1) is 12.2. The molecule has 2 heterocycles. The van der Waals surface area contributed by atoms with Crippen LogP contribution >= 0.6 is 0 Å². The lowest BCUT2D eigenvalue weighted by Crippen LogP contribution is -2.38. The molecule has 0 spiro atoms. The monoisotopic (exact) mass is 340 g/mol. The average molecular weight is 340 g/mol. The molecule has 1 aromatic carbocycles. The molecular weight excluding hydrogens is 316 g/mol. The molecule has 2 fully saturated rings. The van der Waals surface area contributed by atoms with Gasteiger partial charge in [0.25, 0.3) is 5.91 Å². The molecule has 5 nitrogen and oxygen atoms in total. The number of hydrogen-bond donors (Lipinski definition) is 1. The van der Waals surface area contributed by atoms with Gasteiger partial charge in [-0.1, -0.05) is 30.3 Å². The number of carbonyl (C=O) groups is 2. The number of aliphatic hydroxyl groups is 1. The van der Waals surface area contributed by atoms with Crippen molar-refractivity contribution in [1.29, 1.82) is 0 Å². The molecule has 1 saturated carbocycles. The first kappa shape index (κ1) is 16.3. The number of Topliss-reactive ketones (excluding diaryl/α,β-unsaturated/α-hetero) is 1. The number of hydrogen-bond acceptors (Lipinski definition) is 4. The molecule has 1 amide bonds. The third-order valence-corrected chi connectivity index (χ3v) is 5.49. The van der Waals surface area contributed by atoms with E-state index in [4.69, 9.17) is 0 Å². The van der Waals surface area contributed by atoms with E-state index in [-0.39, 0.29) is 17.5 Å². The summed E-state index contributed by atoms with van der Waals surface area (Å²) in [6, 6.07) is 9.14. The van der Waals surface area contributed by atoms with Crippen LogP contribution in [0.3, 0.4) is 0 Å². The van der Waals surface area contributed by atoms with Gasteiger partial charge in [-0.2, -0.15) is 0 Å². The van der Waals surface area contributed by atoms with Crippen molar-refractivity contribution in [2.24, 2.45) is 5.92 Å². The van der Waals surface area contributed by atoms with Gasteiger partial charge in [-0.15, -0.1) is 0 Å². The fourth-order valence-electron chi connectivity index (χ4n) is 3.94. The van der Waals surface area contributed by atoms with E-state index in [1.54, 1.807) is 4.90 Å². The molecule has 1 unspecified atom stereocenters. The summed E-state index contributed by atoms with van der Waals surface area (Å²) in [6.45, 7) is 3.44. The molecule has 1 N–H and O–H groups in total. The molecular formula is C20H24N2O3. The summed E-state index contributed by atoms with van der Waals surface area (Å²) in [5.74, 6) is -0.817. The molecule has 1 saturated heterocycles. The van der Waals surface area contributed by atoms with Crippen LogP contribution in [0.25, 0.3) is 0 Å². The first-order valence-electron chi connectivity index (χ1n) is 9.22. The summed E-state index contributed by atoms with van der Waals surface area (Å²) < 4.78 is 0. The fourth-order valence-corrected chi connectivity index (χ4v) is 3.94. The minimum absolute atomic E-state index is 0.0188. The van der Waals surface area contributed by atoms with Gasteiger partial charge in [0, 0.05) is 19.0 Å². The van der Waals surface area contributed by atoms with Crippen LogP contribution in [0.4, 0.5) is 0 Å². The predicted octanol–water partition coefficient (Wildman–Crippen LogP) is 2.46. The van der Waals surface area contributed by atoms with Crippen molar-refractivity contribution in [2.45, 2.75) is 31.7 Å². The third-order valence-electron chi connectivity index (χ3n) is 5.49. The van der Waals surface area contributed by atoms with Gasteiger partial charge in [-0.05, 0) is 44.3 Å². The van der Waals surface area contributed by atoms with Gasteiger partial charge < -0.3 is 14.9 Å². The maximum absolute atomic E-state index is 12.7. The van der Waals surface area contributed by atoms with Crippen LogP contribution in [0, 0.1) is 5.92 Å². The largest absolute Gasteiger partial charge is 0.503 e. The molecule has 1 atom stereocenters. The van der Waals surface area contributed by atoms with Crippen LogP contribution in [0.1, 0.15) is 37.3 Å². The fraction of sp³-hybridized carbons (Fsp3) is 0.500. The topological polar surface area (TPSA) is 60.9 Å². The number of amides is 1. The summed E-state index contributed by atoms with van der Waals surface area (Å²) in [7, 11) is 0.